The minimum Gasteiger partial charge on any atom is -0.335 e. The Labute approximate surface area is 140 Å². The van der Waals surface area contributed by atoms with Crippen molar-refractivity contribution in [2.45, 2.75) is 0 Å². The first kappa shape index (κ1) is 13.2. The van der Waals surface area contributed by atoms with Crippen LogP contribution in [0.15, 0.2) is 48.5 Å². The zero-order chi connectivity index (χ0) is 15.1. The van der Waals surface area contributed by atoms with Gasteiger partial charge in [-0.25, -0.2) is 9.97 Å². The number of imidazole rings is 1. The van der Waals surface area contributed by atoms with Gasteiger partial charge in [-0.1, -0.05) is 30.3 Å². The summed E-state index contributed by atoms with van der Waals surface area (Å²) in [5, 5.41) is 10.4. The number of hydrogen-bond donors (Lipinski definition) is 1. The fraction of sp³-hybridized carbons (Fsp3) is 0. The molecule has 0 radical (unpaired) electrons. The van der Waals surface area contributed by atoms with E-state index in [0.29, 0.717) is 16.7 Å². The summed E-state index contributed by atoms with van der Waals surface area (Å²) < 4.78 is 1.07. The van der Waals surface area contributed by atoms with Gasteiger partial charge in [0, 0.05) is 14.5 Å². The van der Waals surface area contributed by atoms with Gasteiger partial charge in [0.1, 0.15) is 17.4 Å². The van der Waals surface area contributed by atoms with Gasteiger partial charge in [0.25, 0.3) is 0 Å². The average molecular weight is 396 g/mol. The normalized spacial score (nSPS) is 10.9. The standard InChI is InChI=1S/C17H9IN4/c18-11-6-7-14-12(8-11)13(9-19)15-17(20-14)22-16(21-15)10-4-2-1-3-5-10/h1-8H,(H,20,21,22). The minimum atomic E-state index is 0.573. The number of benzene rings is 2. The van der Waals surface area contributed by atoms with Crippen LogP contribution in [0.1, 0.15) is 5.56 Å². The molecule has 0 spiro atoms. The lowest BCUT2D eigenvalue weighted by Crippen LogP contribution is -1.88. The highest BCUT2D eigenvalue weighted by molar-refractivity contribution is 14.1. The summed E-state index contributed by atoms with van der Waals surface area (Å²) >= 11 is 2.24. The molecule has 0 fully saturated rings. The zero-order valence-corrected chi connectivity index (χ0v) is 13.5. The zero-order valence-electron chi connectivity index (χ0n) is 11.3. The van der Waals surface area contributed by atoms with Crippen molar-refractivity contribution in [1.82, 2.24) is 15.0 Å². The number of rotatable bonds is 1. The number of H-pyrrole nitrogens is 1. The summed E-state index contributed by atoms with van der Waals surface area (Å²) in [4.78, 5) is 12.4. The van der Waals surface area contributed by atoms with E-state index in [4.69, 9.17) is 0 Å². The Balaban J connectivity index is 2.08. The average Bonchev–Trinajstić information content (AvgIpc) is 2.97. The largest absolute Gasteiger partial charge is 0.335 e. The molecule has 0 aliphatic carbocycles. The third-order valence-corrected chi connectivity index (χ3v) is 4.22. The maximum Gasteiger partial charge on any atom is 0.180 e. The summed E-state index contributed by atoms with van der Waals surface area (Å²) in [7, 11) is 0. The molecule has 0 bridgehead atoms. The van der Waals surface area contributed by atoms with Crippen LogP contribution in [0, 0.1) is 14.9 Å². The summed E-state index contributed by atoms with van der Waals surface area (Å²) in [6.07, 6.45) is 0. The highest BCUT2D eigenvalue weighted by Gasteiger charge is 2.14. The molecule has 4 nitrogen and oxygen atoms in total. The first-order valence-electron chi connectivity index (χ1n) is 6.71. The fourth-order valence-electron chi connectivity index (χ4n) is 2.52. The quantitative estimate of drug-likeness (QED) is 0.489. The van der Waals surface area contributed by atoms with Gasteiger partial charge in [-0.05, 0) is 40.8 Å². The van der Waals surface area contributed by atoms with Gasteiger partial charge in [0.05, 0.1) is 11.1 Å². The molecule has 2 aromatic heterocycles. The lowest BCUT2D eigenvalue weighted by atomic mass is 10.1. The minimum absolute atomic E-state index is 0.573. The van der Waals surface area contributed by atoms with Gasteiger partial charge in [0.2, 0.25) is 0 Å². The molecule has 22 heavy (non-hydrogen) atoms. The third-order valence-electron chi connectivity index (χ3n) is 3.55. The summed E-state index contributed by atoms with van der Waals surface area (Å²) in [6.45, 7) is 0. The van der Waals surface area contributed by atoms with Crippen LogP contribution in [0.5, 0.6) is 0 Å². The highest BCUT2D eigenvalue weighted by Crippen LogP contribution is 2.27. The smallest absolute Gasteiger partial charge is 0.180 e. The maximum absolute atomic E-state index is 9.58. The topological polar surface area (TPSA) is 65.4 Å². The van der Waals surface area contributed by atoms with E-state index in [0.717, 1.165) is 25.9 Å². The van der Waals surface area contributed by atoms with Crippen LogP contribution in [-0.2, 0) is 0 Å². The highest BCUT2D eigenvalue weighted by atomic mass is 127. The number of halogens is 1. The van der Waals surface area contributed by atoms with Crippen molar-refractivity contribution >= 4 is 44.7 Å². The van der Waals surface area contributed by atoms with Crippen molar-refractivity contribution in [1.29, 1.82) is 5.26 Å². The van der Waals surface area contributed by atoms with Crippen LogP contribution < -0.4 is 0 Å². The van der Waals surface area contributed by atoms with Crippen molar-refractivity contribution in [3.63, 3.8) is 0 Å². The monoisotopic (exact) mass is 396 g/mol. The Morgan fingerprint density at radius 1 is 1.05 bits per heavy atom. The predicted octanol–water partition coefficient (Wildman–Crippen LogP) is 4.25. The molecule has 2 heterocycles. The van der Waals surface area contributed by atoms with E-state index in [2.05, 4.69) is 43.6 Å². The number of hydrogen-bond acceptors (Lipinski definition) is 3. The second kappa shape index (κ2) is 5.07. The molecule has 5 heteroatoms. The van der Waals surface area contributed by atoms with E-state index in [1.54, 1.807) is 0 Å². The van der Waals surface area contributed by atoms with Crippen LogP contribution in [0.2, 0.25) is 0 Å². The van der Waals surface area contributed by atoms with Crippen molar-refractivity contribution in [2.75, 3.05) is 0 Å². The van der Waals surface area contributed by atoms with Crippen molar-refractivity contribution < 1.29 is 0 Å². The molecule has 4 aromatic rings. The molecular weight excluding hydrogens is 387 g/mol. The lowest BCUT2D eigenvalue weighted by Gasteiger charge is -2.01. The van der Waals surface area contributed by atoms with Crippen LogP contribution in [0.4, 0.5) is 0 Å². The summed E-state index contributed by atoms with van der Waals surface area (Å²) in [6, 6.07) is 18.0. The van der Waals surface area contributed by atoms with E-state index >= 15 is 0 Å². The predicted molar refractivity (Wildman–Crippen MR) is 94.3 cm³/mol. The van der Waals surface area contributed by atoms with E-state index in [1.807, 2.05) is 48.5 Å². The van der Waals surface area contributed by atoms with Crippen LogP contribution >= 0.6 is 22.6 Å². The number of pyridine rings is 1. The van der Waals surface area contributed by atoms with Gasteiger partial charge in [0.15, 0.2) is 5.65 Å². The Hall–Kier alpha value is -2.46. The maximum atomic E-state index is 9.58. The van der Waals surface area contributed by atoms with E-state index < -0.39 is 0 Å². The number of aromatic amines is 1. The number of nitrogens with one attached hydrogen (secondary N) is 1. The molecule has 104 valence electrons. The number of aromatic nitrogens is 3. The molecule has 0 aliphatic rings. The Morgan fingerprint density at radius 3 is 2.64 bits per heavy atom. The molecule has 0 saturated carbocycles. The van der Waals surface area contributed by atoms with Crippen LogP contribution in [0.3, 0.4) is 0 Å². The van der Waals surface area contributed by atoms with Crippen LogP contribution in [0.25, 0.3) is 33.5 Å². The first-order valence-corrected chi connectivity index (χ1v) is 7.78. The first-order chi connectivity index (χ1) is 10.8. The molecule has 0 saturated heterocycles. The van der Waals surface area contributed by atoms with Crippen molar-refractivity contribution in [3.8, 4) is 17.5 Å². The number of fused-ring (bicyclic) bond motifs is 2. The second-order valence-corrected chi connectivity index (χ2v) is 6.16. The Kier molecular flexibility index (Phi) is 3.05. The van der Waals surface area contributed by atoms with E-state index in [1.165, 1.54) is 0 Å². The SMILES string of the molecule is N#Cc1c2cc(I)ccc2nc2nc(-c3ccccc3)[nH]c12. The second-order valence-electron chi connectivity index (χ2n) is 4.91. The molecule has 0 aliphatic heterocycles. The Morgan fingerprint density at radius 2 is 1.86 bits per heavy atom. The molecular formula is C17H9IN4. The summed E-state index contributed by atoms with van der Waals surface area (Å²) in [5.41, 5.74) is 3.62. The number of nitrogens with zero attached hydrogens (tertiary/aromatic N) is 3. The van der Waals surface area contributed by atoms with Gasteiger partial charge < -0.3 is 4.98 Å². The molecule has 4 rings (SSSR count). The molecule has 1 N–H and O–H groups in total. The third kappa shape index (κ3) is 2.04. The molecule has 0 amide bonds. The van der Waals surface area contributed by atoms with Gasteiger partial charge >= 0.3 is 0 Å². The number of nitriles is 1. The van der Waals surface area contributed by atoms with Crippen molar-refractivity contribution in [3.05, 3.63) is 57.7 Å². The lowest BCUT2D eigenvalue weighted by molar-refractivity contribution is 1.31. The summed E-state index contributed by atoms with van der Waals surface area (Å²) in [5.74, 6) is 0.726. The van der Waals surface area contributed by atoms with Gasteiger partial charge in [-0.15, -0.1) is 0 Å². The van der Waals surface area contributed by atoms with Gasteiger partial charge in [-0.3, -0.25) is 0 Å². The van der Waals surface area contributed by atoms with Crippen LogP contribution in [-0.4, -0.2) is 15.0 Å². The van der Waals surface area contributed by atoms with E-state index in [-0.39, 0.29) is 0 Å². The molecule has 2 aromatic carbocycles. The van der Waals surface area contributed by atoms with E-state index in [9.17, 15) is 5.26 Å². The fourth-order valence-corrected chi connectivity index (χ4v) is 3.01. The van der Waals surface area contributed by atoms with Crippen molar-refractivity contribution in [2.24, 2.45) is 0 Å². The molecule has 0 unspecified atom stereocenters. The Bertz CT molecular complexity index is 1050. The van der Waals surface area contributed by atoms with Gasteiger partial charge in [-0.2, -0.15) is 5.26 Å². The molecule has 0 atom stereocenters.